The third kappa shape index (κ3) is 2.78. The quantitative estimate of drug-likeness (QED) is 0.759. The summed E-state index contributed by atoms with van der Waals surface area (Å²) in [5, 5.41) is 2.32. The second-order valence-electron chi connectivity index (χ2n) is 5.38. The van der Waals surface area contributed by atoms with E-state index < -0.39 is 17.9 Å². The molecule has 0 aromatic rings. The van der Waals surface area contributed by atoms with Gasteiger partial charge in [0.15, 0.2) is 0 Å². The number of urea groups is 1. The van der Waals surface area contributed by atoms with Crippen molar-refractivity contribution in [2.24, 2.45) is 5.92 Å². The summed E-state index contributed by atoms with van der Waals surface area (Å²) in [6, 6.07) is -0.618. The number of carbonyl (C=O) groups is 3. The normalized spacial score (nSPS) is 26.7. The van der Waals surface area contributed by atoms with Crippen LogP contribution in [-0.4, -0.2) is 53.8 Å². The molecule has 2 fully saturated rings. The van der Waals surface area contributed by atoms with E-state index in [1.807, 2.05) is 14.0 Å². The Bertz CT molecular complexity index is 389. The Morgan fingerprint density at radius 2 is 1.84 bits per heavy atom. The number of hydrogen-bond acceptors (Lipinski definition) is 4. The summed E-state index contributed by atoms with van der Waals surface area (Å²) >= 11 is 0. The molecule has 0 aromatic heterocycles. The highest BCUT2D eigenvalue weighted by Gasteiger charge is 2.43. The molecule has 0 spiro atoms. The third-order valence-electron chi connectivity index (χ3n) is 3.93. The maximum atomic E-state index is 12.3. The van der Waals surface area contributed by atoms with Crippen molar-refractivity contribution in [3.05, 3.63) is 0 Å². The average molecular weight is 267 g/mol. The Hall–Kier alpha value is -1.43. The molecule has 0 radical (unpaired) electrons. The Labute approximate surface area is 113 Å². The van der Waals surface area contributed by atoms with Crippen molar-refractivity contribution >= 4 is 17.8 Å². The fourth-order valence-corrected chi connectivity index (χ4v) is 2.78. The lowest BCUT2D eigenvalue weighted by molar-refractivity contribution is -0.145. The molecule has 1 unspecified atom stereocenters. The fraction of sp³-hybridized carbons (Fsp3) is 0.769. The summed E-state index contributed by atoms with van der Waals surface area (Å²) in [5.41, 5.74) is 0. The number of piperidine rings is 1. The van der Waals surface area contributed by atoms with Crippen LogP contribution in [0.15, 0.2) is 0 Å². The van der Waals surface area contributed by atoms with E-state index >= 15 is 0 Å². The highest BCUT2D eigenvalue weighted by atomic mass is 16.2. The maximum absolute atomic E-state index is 12.3. The van der Waals surface area contributed by atoms with Crippen LogP contribution >= 0.6 is 0 Å². The molecule has 2 heterocycles. The molecule has 2 aliphatic rings. The lowest BCUT2D eigenvalue weighted by Gasteiger charge is -2.39. The van der Waals surface area contributed by atoms with Crippen LogP contribution in [0.4, 0.5) is 4.79 Å². The van der Waals surface area contributed by atoms with Crippen molar-refractivity contribution in [2.75, 3.05) is 20.1 Å². The fourth-order valence-electron chi connectivity index (χ4n) is 2.78. The number of nitrogens with one attached hydrogen (secondary N) is 1. The van der Waals surface area contributed by atoms with E-state index in [0.717, 1.165) is 32.4 Å². The van der Waals surface area contributed by atoms with Crippen molar-refractivity contribution < 1.29 is 14.4 Å². The van der Waals surface area contributed by atoms with Crippen molar-refractivity contribution in [1.82, 2.24) is 15.1 Å². The topological polar surface area (TPSA) is 69.7 Å². The zero-order chi connectivity index (χ0) is 14.0. The minimum Gasteiger partial charge on any atom is -0.306 e. The standard InChI is InChI=1S/C13H21N3O3/c1-3-4-10-11(17)14-13(19)16(12(10)18)9-5-7-15(2)8-6-9/h9-10H,3-8H2,1-2H3,(H,14,17,19). The van der Waals surface area contributed by atoms with Crippen LogP contribution in [0, 0.1) is 5.92 Å². The lowest BCUT2D eigenvalue weighted by atomic mass is 9.95. The molecule has 2 aliphatic heterocycles. The number of rotatable bonds is 3. The molecule has 6 heteroatoms. The van der Waals surface area contributed by atoms with Gasteiger partial charge in [-0.15, -0.1) is 0 Å². The van der Waals surface area contributed by atoms with E-state index in [0.29, 0.717) is 6.42 Å². The number of likely N-dealkylation sites (tertiary alicyclic amines) is 1. The van der Waals surface area contributed by atoms with Crippen molar-refractivity contribution in [3.8, 4) is 0 Å². The molecular formula is C13H21N3O3. The van der Waals surface area contributed by atoms with E-state index in [1.54, 1.807) is 0 Å². The van der Waals surface area contributed by atoms with Gasteiger partial charge in [-0.2, -0.15) is 0 Å². The minimum atomic E-state index is -0.692. The van der Waals surface area contributed by atoms with Crippen molar-refractivity contribution in [1.29, 1.82) is 0 Å². The minimum absolute atomic E-state index is 0.0730. The Morgan fingerprint density at radius 1 is 1.21 bits per heavy atom. The van der Waals surface area contributed by atoms with Gasteiger partial charge in [-0.25, -0.2) is 4.79 Å². The second-order valence-corrected chi connectivity index (χ2v) is 5.38. The van der Waals surface area contributed by atoms with Gasteiger partial charge in [0.25, 0.3) is 0 Å². The SMILES string of the molecule is CCCC1C(=O)NC(=O)N(C2CCN(C)CC2)C1=O. The summed E-state index contributed by atoms with van der Waals surface area (Å²) in [4.78, 5) is 39.4. The first-order valence-corrected chi connectivity index (χ1v) is 6.91. The molecule has 0 aliphatic carbocycles. The monoisotopic (exact) mass is 267 g/mol. The van der Waals surface area contributed by atoms with E-state index in [2.05, 4.69) is 10.2 Å². The first kappa shape index (κ1) is 14.0. The Morgan fingerprint density at radius 3 is 2.42 bits per heavy atom. The molecule has 0 saturated carbocycles. The number of imide groups is 2. The van der Waals surface area contributed by atoms with Gasteiger partial charge in [0, 0.05) is 6.04 Å². The first-order chi connectivity index (χ1) is 9.04. The van der Waals surface area contributed by atoms with Gasteiger partial charge in [0.2, 0.25) is 11.8 Å². The molecule has 0 aromatic carbocycles. The third-order valence-corrected chi connectivity index (χ3v) is 3.93. The van der Waals surface area contributed by atoms with Crippen LogP contribution < -0.4 is 5.32 Å². The Kier molecular flexibility index (Phi) is 4.19. The van der Waals surface area contributed by atoms with Crippen molar-refractivity contribution in [3.63, 3.8) is 0 Å². The molecule has 19 heavy (non-hydrogen) atoms. The summed E-state index contributed by atoms with van der Waals surface area (Å²) in [5.74, 6) is -1.45. The molecule has 2 rings (SSSR count). The highest BCUT2D eigenvalue weighted by molar-refractivity contribution is 6.16. The van der Waals surface area contributed by atoms with E-state index in [4.69, 9.17) is 0 Å². The molecule has 2 saturated heterocycles. The number of barbiturate groups is 1. The lowest BCUT2D eigenvalue weighted by Crippen LogP contribution is -2.62. The highest BCUT2D eigenvalue weighted by Crippen LogP contribution is 2.23. The zero-order valence-electron chi connectivity index (χ0n) is 11.5. The van der Waals surface area contributed by atoms with Crippen LogP contribution in [-0.2, 0) is 9.59 Å². The molecule has 106 valence electrons. The molecule has 4 amide bonds. The summed E-state index contributed by atoms with van der Waals surface area (Å²) in [7, 11) is 2.03. The smallest absolute Gasteiger partial charge is 0.306 e. The summed E-state index contributed by atoms with van der Waals surface area (Å²) in [6.45, 7) is 3.67. The van der Waals surface area contributed by atoms with Gasteiger partial charge in [0.1, 0.15) is 5.92 Å². The van der Waals surface area contributed by atoms with Gasteiger partial charge in [0.05, 0.1) is 0 Å². The van der Waals surface area contributed by atoms with Crippen LogP contribution in [0.3, 0.4) is 0 Å². The molecule has 0 bridgehead atoms. The van der Waals surface area contributed by atoms with Crippen LogP contribution in [0.2, 0.25) is 0 Å². The predicted octanol–water partition coefficient (Wildman–Crippen LogP) is 0.575. The molecule has 1 atom stereocenters. The van der Waals surface area contributed by atoms with Gasteiger partial charge in [-0.1, -0.05) is 13.3 Å². The average Bonchev–Trinajstić information content (AvgIpc) is 2.36. The van der Waals surface area contributed by atoms with E-state index in [-0.39, 0.29) is 11.9 Å². The number of amides is 4. The van der Waals surface area contributed by atoms with E-state index in [1.165, 1.54) is 4.90 Å². The summed E-state index contributed by atoms with van der Waals surface area (Å²) in [6.07, 6.45) is 2.81. The number of hydrogen-bond donors (Lipinski definition) is 1. The number of nitrogens with zero attached hydrogens (tertiary/aromatic N) is 2. The van der Waals surface area contributed by atoms with Gasteiger partial charge in [-0.3, -0.25) is 19.8 Å². The van der Waals surface area contributed by atoms with Crippen LogP contribution in [0.5, 0.6) is 0 Å². The summed E-state index contributed by atoms with van der Waals surface area (Å²) < 4.78 is 0. The van der Waals surface area contributed by atoms with Gasteiger partial charge in [-0.05, 0) is 39.4 Å². The van der Waals surface area contributed by atoms with Crippen molar-refractivity contribution in [2.45, 2.75) is 38.6 Å². The Balaban J connectivity index is 2.12. The van der Waals surface area contributed by atoms with Crippen LogP contribution in [0.1, 0.15) is 32.6 Å². The van der Waals surface area contributed by atoms with Gasteiger partial charge >= 0.3 is 6.03 Å². The van der Waals surface area contributed by atoms with Crippen LogP contribution in [0.25, 0.3) is 0 Å². The molecular weight excluding hydrogens is 246 g/mol. The molecule has 1 N–H and O–H groups in total. The predicted molar refractivity (Wildman–Crippen MR) is 69.3 cm³/mol. The first-order valence-electron chi connectivity index (χ1n) is 6.91. The van der Waals surface area contributed by atoms with Gasteiger partial charge < -0.3 is 4.90 Å². The second kappa shape index (κ2) is 5.69. The number of carbonyl (C=O) groups excluding carboxylic acids is 3. The largest absolute Gasteiger partial charge is 0.331 e. The molecule has 6 nitrogen and oxygen atoms in total. The zero-order valence-corrected chi connectivity index (χ0v) is 11.5. The van der Waals surface area contributed by atoms with E-state index in [9.17, 15) is 14.4 Å². The maximum Gasteiger partial charge on any atom is 0.331 e.